The molecule has 2 aromatic rings. The Morgan fingerprint density at radius 2 is 1.81 bits per heavy atom. The van der Waals surface area contributed by atoms with Gasteiger partial charge in [-0.15, -0.1) is 0 Å². The van der Waals surface area contributed by atoms with E-state index in [1.807, 2.05) is 30.3 Å². The molecular formula is C17H18FNO2. The minimum Gasteiger partial charge on any atom is -0.494 e. The van der Waals surface area contributed by atoms with Crippen LogP contribution in [0.25, 0.3) is 0 Å². The maximum absolute atomic E-state index is 14.2. The van der Waals surface area contributed by atoms with Crippen LogP contribution in [0.4, 0.5) is 4.39 Å². The quantitative estimate of drug-likeness (QED) is 0.858. The number of ether oxygens (including phenoxy) is 1. The van der Waals surface area contributed by atoms with Crippen LogP contribution < -0.4 is 10.5 Å². The van der Waals surface area contributed by atoms with Crippen LogP contribution in [0.5, 0.6) is 5.75 Å². The van der Waals surface area contributed by atoms with Crippen LogP contribution in [0.1, 0.15) is 28.9 Å². The first kappa shape index (κ1) is 15.2. The molecule has 0 saturated heterocycles. The van der Waals surface area contributed by atoms with Gasteiger partial charge in [-0.2, -0.15) is 0 Å². The van der Waals surface area contributed by atoms with Crippen LogP contribution in [-0.2, 0) is 0 Å². The number of hydrogen-bond acceptors (Lipinski definition) is 3. The summed E-state index contributed by atoms with van der Waals surface area (Å²) >= 11 is 0. The third-order valence-corrected chi connectivity index (χ3v) is 3.59. The molecule has 0 amide bonds. The summed E-state index contributed by atoms with van der Waals surface area (Å²) in [5.41, 5.74) is 6.98. The number of ketones is 1. The lowest BCUT2D eigenvalue weighted by Crippen LogP contribution is -2.26. The maximum atomic E-state index is 14.2. The Morgan fingerprint density at radius 1 is 1.14 bits per heavy atom. The van der Waals surface area contributed by atoms with Crippen molar-refractivity contribution in [3.63, 3.8) is 0 Å². The average Bonchev–Trinajstić information content (AvgIpc) is 2.54. The Kier molecular flexibility index (Phi) is 4.70. The van der Waals surface area contributed by atoms with Gasteiger partial charge in [0.05, 0.1) is 12.7 Å². The molecule has 0 aromatic heterocycles. The molecule has 0 aliphatic carbocycles. The smallest absolute Gasteiger partial charge is 0.175 e. The molecule has 110 valence electrons. The Balaban J connectivity index is 2.28. The highest BCUT2D eigenvalue weighted by Crippen LogP contribution is 2.27. The lowest BCUT2D eigenvalue weighted by Gasteiger charge is -2.19. The van der Waals surface area contributed by atoms with Gasteiger partial charge in [-0.05, 0) is 17.7 Å². The zero-order chi connectivity index (χ0) is 15.4. The highest BCUT2D eigenvalue weighted by atomic mass is 19.1. The monoisotopic (exact) mass is 287 g/mol. The fourth-order valence-corrected chi connectivity index (χ4v) is 2.23. The summed E-state index contributed by atoms with van der Waals surface area (Å²) in [5, 5.41) is 0. The second-order valence-electron chi connectivity index (χ2n) is 4.91. The normalized spacial score (nSPS) is 13.5. The summed E-state index contributed by atoms with van der Waals surface area (Å²) in [6.45, 7) is 1.71. The number of benzene rings is 2. The molecule has 2 aromatic carbocycles. The minimum atomic E-state index is -0.642. The van der Waals surface area contributed by atoms with Crippen molar-refractivity contribution in [1.29, 1.82) is 0 Å². The first-order chi connectivity index (χ1) is 10.1. The van der Waals surface area contributed by atoms with Crippen molar-refractivity contribution in [2.24, 2.45) is 11.7 Å². The van der Waals surface area contributed by atoms with Crippen LogP contribution in [-0.4, -0.2) is 12.9 Å². The second kappa shape index (κ2) is 6.50. The summed E-state index contributed by atoms with van der Waals surface area (Å²) in [6.07, 6.45) is 0. The molecule has 21 heavy (non-hydrogen) atoms. The van der Waals surface area contributed by atoms with E-state index in [2.05, 4.69) is 0 Å². The largest absolute Gasteiger partial charge is 0.494 e. The highest BCUT2D eigenvalue weighted by molar-refractivity contribution is 5.98. The molecule has 3 nitrogen and oxygen atoms in total. The second-order valence-corrected chi connectivity index (χ2v) is 4.91. The van der Waals surface area contributed by atoms with Crippen molar-refractivity contribution in [1.82, 2.24) is 0 Å². The number of methoxy groups -OCH3 is 1. The molecule has 0 bridgehead atoms. The molecule has 4 heteroatoms. The Bertz CT molecular complexity index is 628. The molecule has 0 aliphatic heterocycles. The summed E-state index contributed by atoms with van der Waals surface area (Å²) in [7, 11) is 1.37. The molecule has 0 saturated carbocycles. The van der Waals surface area contributed by atoms with E-state index < -0.39 is 17.8 Å². The van der Waals surface area contributed by atoms with Gasteiger partial charge >= 0.3 is 0 Å². The SMILES string of the molecule is COc1cccc(C(=O)C(C)C(N)c2ccccc2)c1F. The minimum absolute atomic E-state index is 0.00762. The number of hydrogen-bond donors (Lipinski definition) is 1. The average molecular weight is 287 g/mol. The molecule has 0 fully saturated rings. The van der Waals surface area contributed by atoms with Crippen LogP contribution in [0.15, 0.2) is 48.5 Å². The molecule has 2 atom stereocenters. The van der Waals surface area contributed by atoms with E-state index in [1.54, 1.807) is 13.0 Å². The summed E-state index contributed by atoms with van der Waals surface area (Å²) in [4.78, 5) is 12.5. The van der Waals surface area contributed by atoms with Gasteiger partial charge in [0, 0.05) is 12.0 Å². The van der Waals surface area contributed by atoms with E-state index in [1.165, 1.54) is 19.2 Å². The Morgan fingerprint density at radius 3 is 2.43 bits per heavy atom. The number of carbonyl (C=O) groups is 1. The van der Waals surface area contributed by atoms with Crippen molar-refractivity contribution >= 4 is 5.78 Å². The molecule has 0 aliphatic rings. The van der Waals surface area contributed by atoms with Gasteiger partial charge in [0.1, 0.15) is 0 Å². The van der Waals surface area contributed by atoms with Gasteiger partial charge in [-0.3, -0.25) is 4.79 Å². The van der Waals surface area contributed by atoms with Crippen molar-refractivity contribution in [3.8, 4) is 5.75 Å². The van der Waals surface area contributed by atoms with Crippen molar-refractivity contribution in [2.75, 3.05) is 7.11 Å². The van der Waals surface area contributed by atoms with Gasteiger partial charge in [0.2, 0.25) is 0 Å². The predicted octanol–water partition coefficient (Wildman–Crippen LogP) is 3.35. The van der Waals surface area contributed by atoms with E-state index in [9.17, 15) is 9.18 Å². The van der Waals surface area contributed by atoms with E-state index >= 15 is 0 Å². The molecule has 0 heterocycles. The van der Waals surface area contributed by atoms with Crippen LogP contribution >= 0.6 is 0 Å². The zero-order valence-electron chi connectivity index (χ0n) is 12.0. The highest BCUT2D eigenvalue weighted by Gasteiger charge is 2.26. The third kappa shape index (κ3) is 3.11. The van der Waals surface area contributed by atoms with E-state index in [-0.39, 0.29) is 17.1 Å². The molecule has 0 radical (unpaired) electrons. The van der Waals surface area contributed by atoms with Gasteiger partial charge in [-0.25, -0.2) is 4.39 Å². The van der Waals surface area contributed by atoms with Crippen molar-refractivity contribution in [2.45, 2.75) is 13.0 Å². The third-order valence-electron chi connectivity index (χ3n) is 3.59. The van der Waals surface area contributed by atoms with Gasteiger partial charge in [0.15, 0.2) is 17.3 Å². The topological polar surface area (TPSA) is 52.3 Å². The maximum Gasteiger partial charge on any atom is 0.175 e. The van der Waals surface area contributed by atoms with E-state index in [4.69, 9.17) is 10.5 Å². The fraction of sp³-hybridized carbons (Fsp3) is 0.235. The number of nitrogens with two attached hydrogens (primary N) is 1. The van der Waals surface area contributed by atoms with Gasteiger partial charge in [-0.1, -0.05) is 43.3 Å². The number of carbonyl (C=O) groups excluding carboxylic acids is 1. The first-order valence-corrected chi connectivity index (χ1v) is 6.73. The van der Waals surface area contributed by atoms with Gasteiger partial charge in [0.25, 0.3) is 0 Å². The Hall–Kier alpha value is -2.20. The van der Waals surface area contributed by atoms with Crippen molar-refractivity contribution in [3.05, 3.63) is 65.5 Å². The summed E-state index contributed by atoms with van der Waals surface area (Å²) in [6, 6.07) is 13.4. The summed E-state index contributed by atoms with van der Waals surface area (Å²) in [5.74, 6) is -1.45. The zero-order valence-corrected chi connectivity index (χ0v) is 12.0. The van der Waals surface area contributed by atoms with Crippen LogP contribution in [0, 0.1) is 11.7 Å². The van der Waals surface area contributed by atoms with Crippen molar-refractivity contribution < 1.29 is 13.9 Å². The number of halogens is 1. The predicted molar refractivity (Wildman–Crippen MR) is 79.8 cm³/mol. The molecule has 2 rings (SSSR count). The van der Waals surface area contributed by atoms with Crippen LogP contribution in [0.2, 0.25) is 0 Å². The van der Waals surface area contributed by atoms with Crippen LogP contribution in [0.3, 0.4) is 0 Å². The van der Waals surface area contributed by atoms with E-state index in [0.717, 1.165) is 5.56 Å². The Labute approximate surface area is 123 Å². The fourth-order valence-electron chi connectivity index (χ4n) is 2.23. The summed E-state index contributed by atoms with van der Waals surface area (Å²) < 4.78 is 19.1. The number of Topliss-reactive ketones (excluding diaryl/α,β-unsaturated/α-hetero) is 1. The van der Waals surface area contributed by atoms with Gasteiger partial charge < -0.3 is 10.5 Å². The first-order valence-electron chi connectivity index (χ1n) is 6.73. The molecule has 2 N–H and O–H groups in total. The standard InChI is InChI=1S/C17H18FNO2/c1-11(16(19)12-7-4-3-5-8-12)17(20)13-9-6-10-14(21-2)15(13)18/h3-11,16H,19H2,1-2H3. The number of rotatable bonds is 5. The lowest BCUT2D eigenvalue weighted by molar-refractivity contribution is 0.0908. The molecule has 2 unspecified atom stereocenters. The lowest BCUT2D eigenvalue weighted by atomic mass is 9.88. The van der Waals surface area contributed by atoms with E-state index in [0.29, 0.717) is 0 Å². The molecule has 0 spiro atoms. The molecular weight excluding hydrogens is 269 g/mol.